The van der Waals surface area contributed by atoms with Gasteiger partial charge in [-0.25, -0.2) is 14.2 Å². The van der Waals surface area contributed by atoms with E-state index < -0.39 is 30.6 Å². The number of aromatic nitrogens is 1. The van der Waals surface area contributed by atoms with E-state index in [-0.39, 0.29) is 18.0 Å². The Labute approximate surface area is 211 Å². The van der Waals surface area contributed by atoms with Crippen LogP contribution in [0.15, 0.2) is 66.7 Å². The van der Waals surface area contributed by atoms with E-state index in [1.54, 1.807) is 26.0 Å². The maximum atomic E-state index is 13.6. The first-order valence-electron chi connectivity index (χ1n) is 11.3. The summed E-state index contributed by atoms with van der Waals surface area (Å²) < 4.78 is 32.0. The average molecular weight is 509 g/mol. The highest BCUT2D eigenvalue weighted by Gasteiger charge is 2.72. The molecule has 8 heteroatoms. The summed E-state index contributed by atoms with van der Waals surface area (Å²) >= 11 is 0. The standard InChI is InChI=1S/C28H27FNO5P/c1-19(2)16-17-28(26(31)32,36(34)35-4)27(33,18-21-12-14-22(29)15-13-21)25-11-7-10-24(30-25)23-9-6-5-8-20(23)3/h5-15,19,33H,18H2,1-4H3/p+1. The minimum absolute atomic E-state index is 0.0477. The molecule has 0 saturated heterocycles. The Hall–Kier alpha value is -3.43. The Bertz CT molecular complexity index is 1330. The number of carboxylic acid groups (broad SMARTS) is 1. The first-order chi connectivity index (χ1) is 17.0. The summed E-state index contributed by atoms with van der Waals surface area (Å²) in [5, 5.41) is 20.2. The molecule has 0 bridgehead atoms. The van der Waals surface area contributed by atoms with Crippen LogP contribution in [0, 0.1) is 30.5 Å². The van der Waals surface area contributed by atoms with Gasteiger partial charge in [0.25, 0.3) is 0 Å². The maximum Gasteiger partial charge on any atom is 0.543 e. The fraction of sp³-hybridized carbons (Fsp3) is 0.286. The van der Waals surface area contributed by atoms with Crippen molar-refractivity contribution >= 4 is 14.0 Å². The number of nitrogens with zero attached hydrogens (tertiary/aromatic N) is 1. The van der Waals surface area contributed by atoms with Crippen LogP contribution in [-0.4, -0.2) is 33.4 Å². The van der Waals surface area contributed by atoms with Gasteiger partial charge in [-0.2, -0.15) is 0 Å². The third-order valence-electron chi connectivity index (χ3n) is 5.86. The van der Waals surface area contributed by atoms with Gasteiger partial charge in [0, 0.05) is 17.9 Å². The van der Waals surface area contributed by atoms with Crippen molar-refractivity contribution in [2.45, 2.75) is 37.9 Å². The lowest BCUT2D eigenvalue weighted by atomic mass is 9.78. The van der Waals surface area contributed by atoms with Crippen LogP contribution in [0.3, 0.4) is 0 Å². The van der Waals surface area contributed by atoms with E-state index in [4.69, 9.17) is 4.52 Å². The molecule has 6 nitrogen and oxygen atoms in total. The summed E-state index contributed by atoms with van der Waals surface area (Å²) in [6.07, 6.45) is -0.360. The Morgan fingerprint density at radius 2 is 1.78 bits per heavy atom. The average Bonchev–Trinajstić information content (AvgIpc) is 2.85. The molecule has 0 aliphatic rings. The zero-order valence-electron chi connectivity index (χ0n) is 20.5. The highest BCUT2D eigenvalue weighted by molar-refractivity contribution is 7.43. The Balaban J connectivity index is 2.37. The molecule has 3 unspecified atom stereocenters. The molecular weight excluding hydrogens is 480 g/mol. The van der Waals surface area contributed by atoms with E-state index in [2.05, 4.69) is 16.8 Å². The molecule has 186 valence electrons. The quantitative estimate of drug-likeness (QED) is 0.308. The predicted molar refractivity (Wildman–Crippen MR) is 136 cm³/mol. The Morgan fingerprint density at radius 1 is 1.11 bits per heavy atom. The summed E-state index contributed by atoms with van der Waals surface area (Å²) in [5.74, 6) is 2.97. The van der Waals surface area contributed by atoms with Crippen LogP contribution in [0.4, 0.5) is 4.39 Å². The third kappa shape index (κ3) is 5.22. The van der Waals surface area contributed by atoms with Crippen molar-refractivity contribution in [1.29, 1.82) is 0 Å². The summed E-state index contributed by atoms with van der Waals surface area (Å²) in [6, 6.07) is 17.6. The molecule has 2 N–H and O–H groups in total. The van der Waals surface area contributed by atoms with Crippen molar-refractivity contribution in [1.82, 2.24) is 4.98 Å². The molecule has 3 aromatic rings. The van der Waals surface area contributed by atoms with Gasteiger partial charge in [-0.3, -0.25) is 0 Å². The molecule has 1 aromatic heterocycles. The number of hydrogen-bond acceptors (Lipinski definition) is 5. The van der Waals surface area contributed by atoms with E-state index in [9.17, 15) is 24.0 Å². The smallest absolute Gasteiger partial charge is 0.477 e. The first kappa shape index (κ1) is 27.2. The van der Waals surface area contributed by atoms with Crippen molar-refractivity contribution in [3.63, 3.8) is 0 Å². The molecule has 3 rings (SSSR count). The second-order valence-corrected chi connectivity index (χ2v) is 10.3. The molecule has 0 amide bonds. The second-order valence-electron chi connectivity index (χ2n) is 8.77. The first-order valence-corrected chi connectivity index (χ1v) is 12.5. The third-order valence-corrected chi connectivity index (χ3v) is 7.41. The fourth-order valence-electron chi connectivity index (χ4n) is 3.97. The van der Waals surface area contributed by atoms with Crippen molar-refractivity contribution in [2.24, 2.45) is 5.92 Å². The van der Waals surface area contributed by atoms with E-state index in [1.807, 2.05) is 31.2 Å². The van der Waals surface area contributed by atoms with Gasteiger partial charge in [0.15, 0.2) is 5.60 Å². The number of pyridine rings is 1. The van der Waals surface area contributed by atoms with E-state index in [1.165, 1.54) is 30.3 Å². The van der Waals surface area contributed by atoms with Crippen molar-refractivity contribution in [2.75, 3.05) is 7.11 Å². The second kappa shape index (κ2) is 11.1. The fourth-order valence-corrected chi connectivity index (χ4v) is 5.05. The van der Waals surface area contributed by atoms with Crippen LogP contribution < -0.4 is 0 Å². The SMILES string of the molecule is CO[P+](=O)C(C#CC(C)C)(C(=O)O)C(O)(Cc1ccc(F)cc1)c1cccc(-c2ccccc2C)n1. The van der Waals surface area contributed by atoms with Crippen LogP contribution in [-0.2, 0) is 25.9 Å². The van der Waals surface area contributed by atoms with E-state index in [0.717, 1.165) is 18.2 Å². The molecule has 2 aromatic carbocycles. The van der Waals surface area contributed by atoms with Gasteiger partial charge in [0.2, 0.25) is 0 Å². The van der Waals surface area contributed by atoms with Crippen molar-refractivity contribution in [3.8, 4) is 23.1 Å². The van der Waals surface area contributed by atoms with Gasteiger partial charge in [0.1, 0.15) is 5.82 Å². The highest BCUT2D eigenvalue weighted by atomic mass is 31.1. The zero-order chi connectivity index (χ0) is 26.5. The monoisotopic (exact) mass is 508 g/mol. The Kier molecular flexibility index (Phi) is 8.37. The maximum absolute atomic E-state index is 13.6. The summed E-state index contributed by atoms with van der Waals surface area (Å²) in [4.78, 5) is 17.5. The number of halogens is 1. The molecule has 0 saturated carbocycles. The minimum atomic E-state index is -3.07. The van der Waals surface area contributed by atoms with Gasteiger partial charge < -0.3 is 10.2 Å². The number of rotatable bonds is 8. The number of benzene rings is 2. The van der Waals surface area contributed by atoms with E-state index >= 15 is 0 Å². The summed E-state index contributed by atoms with van der Waals surface area (Å²) in [6.45, 7) is 5.40. The van der Waals surface area contributed by atoms with Gasteiger partial charge in [-0.1, -0.05) is 62.2 Å². The lowest BCUT2D eigenvalue weighted by molar-refractivity contribution is -0.146. The minimum Gasteiger partial charge on any atom is -0.477 e. The van der Waals surface area contributed by atoms with Gasteiger partial charge in [-0.05, 0) is 52.8 Å². The number of aliphatic carboxylic acids is 1. The van der Waals surface area contributed by atoms with Gasteiger partial charge in [-0.15, -0.1) is 4.52 Å². The molecule has 1 heterocycles. The van der Waals surface area contributed by atoms with Gasteiger partial charge in [0.05, 0.1) is 18.5 Å². The molecule has 0 spiro atoms. The molecule has 0 radical (unpaired) electrons. The number of aliphatic hydroxyl groups is 1. The molecule has 0 aliphatic carbocycles. The summed E-state index contributed by atoms with van der Waals surface area (Å²) in [5.41, 5.74) is 0.143. The normalized spacial score (nSPS) is 14.8. The molecule has 36 heavy (non-hydrogen) atoms. The van der Waals surface area contributed by atoms with Crippen LogP contribution in [0.5, 0.6) is 0 Å². The van der Waals surface area contributed by atoms with Crippen LogP contribution >= 0.6 is 8.03 Å². The predicted octanol–water partition coefficient (Wildman–Crippen LogP) is 5.50. The number of hydrogen-bond donors (Lipinski definition) is 2. The van der Waals surface area contributed by atoms with Crippen LogP contribution in [0.25, 0.3) is 11.3 Å². The molecule has 3 atom stereocenters. The zero-order valence-corrected chi connectivity index (χ0v) is 21.4. The Morgan fingerprint density at radius 3 is 2.36 bits per heavy atom. The van der Waals surface area contributed by atoms with Crippen LogP contribution in [0.1, 0.15) is 30.7 Å². The van der Waals surface area contributed by atoms with Gasteiger partial charge >= 0.3 is 19.2 Å². The number of carbonyl (C=O) groups is 1. The van der Waals surface area contributed by atoms with E-state index in [0.29, 0.717) is 11.3 Å². The van der Waals surface area contributed by atoms with Crippen molar-refractivity contribution in [3.05, 3.63) is 89.4 Å². The molecule has 0 fully saturated rings. The highest BCUT2D eigenvalue weighted by Crippen LogP contribution is 2.52. The van der Waals surface area contributed by atoms with Crippen molar-refractivity contribution < 1.29 is 28.5 Å². The molecular formula is C28H28FNO5P+. The lowest BCUT2D eigenvalue weighted by Gasteiger charge is -2.33. The summed E-state index contributed by atoms with van der Waals surface area (Å²) in [7, 11) is -1.97. The van der Waals surface area contributed by atoms with Crippen LogP contribution in [0.2, 0.25) is 0 Å². The number of aryl methyl sites for hydroxylation is 1. The number of carboxylic acids is 1. The molecule has 0 aliphatic heterocycles. The lowest BCUT2D eigenvalue weighted by Crippen LogP contribution is -2.56. The largest absolute Gasteiger partial charge is 0.543 e. The topological polar surface area (TPSA) is 96.7 Å².